The van der Waals surface area contributed by atoms with E-state index in [1.807, 2.05) is 44.2 Å². The van der Waals surface area contributed by atoms with Crippen LogP contribution in [0.15, 0.2) is 50.4 Å². The van der Waals surface area contributed by atoms with Crippen LogP contribution in [0.3, 0.4) is 0 Å². The smallest absolute Gasteiger partial charge is 0.296 e. The standard InChI is InChI=1S/C19H15N3O3S/c1-11-3-6-13(7-4-11)9-15-17(23)20-19-22(21-15)18(24)16(26-19)10-14-8-5-12(2)25-14/h3-8,10H,9H2,1-2H3/b16-10-. The van der Waals surface area contributed by atoms with Crippen molar-refractivity contribution >= 4 is 22.4 Å². The van der Waals surface area contributed by atoms with Gasteiger partial charge < -0.3 is 4.42 Å². The summed E-state index contributed by atoms with van der Waals surface area (Å²) in [5.41, 5.74) is 1.62. The quantitative estimate of drug-likeness (QED) is 0.554. The number of benzene rings is 1. The molecule has 4 aromatic rings. The number of furan rings is 1. The molecule has 0 aliphatic carbocycles. The maximum Gasteiger partial charge on any atom is 0.296 e. The van der Waals surface area contributed by atoms with E-state index in [-0.39, 0.29) is 16.2 Å². The Morgan fingerprint density at radius 1 is 1.12 bits per heavy atom. The molecule has 0 unspecified atom stereocenters. The largest absolute Gasteiger partial charge is 0.462 e. The van der Waals surface area contributed by atoms with E-state index in [0.717, 1.165) is 28.2 Å². The van der Waals surface area contributed by atoms with Crippen LogP contribution >= 0.6 is 11.3 Å². The molecule has 0 spiro atoms. The first-order valence-corrected chi connectivity index (χ1v) is 8.88. The number of thiazole rings is 1. The third-order valence-electron chi connectivity index (χ3n) is 3.98. The summed E-state index contributed by atoms with van der Waals surface area (Å²) in [6, 6.07) is 11.4. The van der Waals surface area contributed by atoms with Crippen LogP contribution in [-0.2, 0) is 6.42 Å². The topological polar surface area (TPSA) is 77.5 Å². The Morgan fingerprint density at radius 3 is 2.58 bits per heavy atom. The number of rotatable bonds is 3. The zero-order chi connectivity index (χ0) is 18.3. The molecule has 0 N–H and O–H groups in total. The number of fused-ring (bicyclic) bond motifs is 1. The van der Waals surface area contributed by atoms with Crippen LogP contribution in [-0.4, -0.2) is 14.6 Å². The summed E-state index contributed by atoms with van der Waals surface area (Å²) in [5, 5.41) is 4.25. The molecule has 130 valence electrons. The Bertz CT molecular complexity index is 1270. The fraction of sp³-hybridized carbons (Fsp3) is 0.158. The monoisotopic (exact) mass is 365 g/mol. The molecule has 26 heavy (non-hydrogen) atoms. The molecule has 0 atom stereocenters. The number of nitrogens with zero attached hydrogens (tertiary/aromatic N) is 3. The van der Waals surface area contributed by atoms with E-state index in [0.29, 0.717) is 16.7 Å². The van der Waals surface area contributed by atoms with Crippen molar-refractivity contribution in [2.75, 3.05) is 0 Å². The molecule has 0 fully saturated rings. The zero-order valence-corrected chi connectivity index (χ0v) is 15.0. The van der Waals surface area contributed by atoms with Crippen molar-refractivity contribution in [3.8, 4) is 0 Å². The molecule has 0 saturated carbocycles. The Balaban J connectivity index is 1.80. The average Bonchev–Trinajstić information content (AvgIpc) is 3.14. The lowest BCUT2D eigenvalue weighted by Crippen LogP contribution is -2.28. The minimum Gasteiger partial charge on any atom is -0.462 e. The van der Waals surface area contributed by atoms with E-state index in [1.165, 1.54) is 4.52 Å². The summed E-state index contributed by atoms with van der Waals surface area (Å²) in [5.74, 6) is 1.34. The van der Waals surface area contributed by atoms with Crippen LogP contribution < -0.4 is 15.7 Å². The molecule has 6 nitrogen and oxygen atoms in total. The van der Waals surface area contributed by atoms with Gasteiger partial charge in [0.2, 0.25) is 4.96 Å². The van der Waals surface area contributed by atoms with Gasteiger partial charge in [-0.05, 0) is 31.5 Å². The van der Waals surface area contributed by atoms with Crippen molar-refractivity contribution in [2.24, 2.45) is 0 Å². The van der Waals surface area contributed by atoms with E-state index in [2.05, 4.69) is 10.1 Å². The average molecular weight is 365 g/mol. The molecule has 0 saturated heterocycles. The lowest BCUT2D eigenvalue weighted by atomic mass is 10.1. The van der Waals surface area contributed by atoms with Gasteiger partial charge in [0.25, 0.3) is 11.1 Å². The van der Waals surface area contributed by atoms with Crippen molar-refractivity contribution in [2.45, 2.75) is 20.3 Å². The van der Waals surface area contributed by atoms with Crippen molar-refractivity contribution in [1.82, 2.24) is 14.6 Å². The van der Waals surface area contributed by atoms with Crippen molar-refractivity contribution < 1.29 is 4.42 Å². The van der Waals surface area contributed by atoms with Crippen molar-refractivity contribution in [3.63, 3.8) is 0 Å². The van der Waals surface area contributed by atoms with Gasteiger partial charge in [-0.1, -0.05) is 41.2 Å². The highest BCUT2D eigenvalue weighted by Crippen LogP contribution is 2.08. The van der Waals surface area contributed by atoms with Gasteiger partial charge in [-0.3, -0.25) is 9.59 Å². The third-order valence-corrected chi connectivity index (χ3v) is 4.94. The Morgan fingerprint density at radius 2 is 1.88 bits per heavy atom. The van der Waals surface area contributed by atoms with Crippen molar-refractivity contribution in [1.29, 1.82) is 0 Å². The summed E-state index contributed by atoms with van der Waals surface area (Å²) in [6.45, 7) is 3.83. The second-order valence-corrected chi connectivity index (χ2v) is 7.09. The first-order chi connectivity index (χ1) is 12.5. The van der Waals surface area contributed by atoms with E-state index >= 15 is 0 Å². The maximum absolute atomic E-state index is 12.6. The number of aryl methyl sites for hydroxylation is 2. The SMILES string of the molecule is Cc1ccc(Cc2nn3c(=O)/c(=C/c4ccc(C)o4)sc3nc2=O)cc1. The van der Waals surface area contributed by atoms with Crippen LogP contribution in [0.5, 0.6) is 0 Å². The minimum atomic E-state index is -0.410. The van der Waals surface area contributed by atoms with Crippen LogP contribution in [0, 0.1) is 13.8 Å². The number of hydrogen-bond donors (Lipinski definition) is 0. The van der Waals surface area contributed by atoms with Crippen LogP contribution in [0.25, 0.3) is 11.0 Å². The molecule has 0 amide bonds. The van der Waals surface area contributed by atoms with Gasteiger partial charge in [-0.2, -0.15) is 14.6 Å². The Kier molecular flexibility index (Phi) is 4.00. The minimum absolute atomic E-state index is 0.252. The first-order valence-electron chi connectivity index (χ1n) is 8.06. The molecular weight excluding hydrogens is 350 g/mol. The Labute approximate surface area is 152 Å². The highest BCUT2D eigenvalue weighted by atomic mass is 32.1. The van der Waals surface area contributed by atoms with Crippen molar-refractivity contribution in [3.05, 3.63) is 90.0 Å². The third kappa shape index (κ3) is 3.09. The van der Waals surface area contributed by atoms with Crippen LogP contribution in [0.1, 0.15) is 28.3 Å². The van der Waals surface area contributed by atoms with Gasteiger partial charge in [0.15, 0.2) is 0 Å². The number of hydrogen-bond acceptors (Lipinski definition) is 6. The molecule has 0 bridgehead atoms. The van der Waals surface area contributed by atoms with E-state index in [4.69, 9.17) is 4.42 Å². The lowest BCUT2D eigenvalue weighted by Gasteiger charge is -2.01. The lowest BCUT2D eigenvalue weighted by molar-refractivity contribution is 0.525. The second kappa shape index (κ2) is 6.34. The normalized spacial score (nSPS) is 12.2. The molecule has 0 radical (unpaired) electrons. The molecule has 4 rings (SSSR count). The fourth-order valence-electron chi connectivity index (χ4n) is 2.61. The van der Waals surface area contributed by atoms with Crippen LogP contribution in [0.4, 0.5) is 0 Å². The van der Waals surface area contributed by atoms with Gasteiger partial charge in [0.05, 0.1) is 0 Å². The molecule has 1 aromatic carbocycles. The highest BCUT2D eigenvalue weighted by molar-refractivity contribution is 7.15. The van der Waals surface area contributed by atoms with Gasteiger partial charge in [-0.25, -0.2) is 0 Å². The Hall–Kier alpha value is -3.06. The summed E-state index contributed by atoms with van der Waals surface area (Å²) < 4.78 is 7.09. The molecule has 0 aliphatic rings. The number of aromatic nitrogens is 3. The molecule has 3 heterocycles. The zero-order valence-electron chi connectivity index (χ0n) is 14.2. The predicted octanol–water partition coefficient (Wildman–Crippen LogP) is 1.86. The molecular formula is C19H15N3O3S. The van der Waals surface area contributed by atoms with Gasteiger partial charge in [0, 0.05) is 12.5 Å². The van der Waals surface area contributed by atoms with Gasteiger partial charge >= 0.3 is 0 Å². The summed E-state index contributed by atoms with van der Waals surface area (Å²) in [7, 11) is 0. The highest BCUT2D eigenvalue weighted by Gasteiger charge is 2.12. The molecule has 0 aliphatic heterocycles. The van der Waals surface area contributed by atoms with E-state index in [1.54, 1.807) is 12.1 Å². The molecule has 3 aromatic heterocycles. The van der Waals surface area contributed by atoms with E-state index < -0.39 is 5.56 Å². The van der Waals surface area contributed by atoms with Gasteiger partial charge in [0.1, 0.15) is 21.7 Å². The predicted molar refractivity (Wildman–Crippen MR) is 99.6 cm³/mol. The summed E-state index contributed by atoms with van der Waals surface area (Å²) in [6.07, 6.45) is 1.97. The van der Waals surface area contributed by atoms with E-state index in [9.17, 15) is 9.59 Å². The molecule has 7 heteroatoms. The maximum atomic E-state index is 12.6. The first kappa shape index (κ1) is 16.4. The summed E-state index contributed by atoms with van der Waals surface area (Å²) in [4.78, 5) is 29.2. The van der Waals surface area contributed by atoms with Crippen LogP contribution in [0.2, 0.25) is 0 Å². The fourth-order valence-corrected chi connectivity index (χ4v) is 3.50. The second-order valence-electron chi connectivity index (χ2n) is 6.08. The van der Waals surface area contributed by atoms with Gasteiger partial charge in [-0.15, -0.1) is 0 Å². The summed E-state index contributed by atoms with van der Waals surface area (Å²) >= 11 is 1.12.